The summed E-state index contributed by atoms with van der Waals surface area (Å²) in [5.74, 6) is 1.99. The van der Waals surface area contributed by atoms with Crippen molar-refractivity contribution in [3.8, 4) is 67.5 Å². The van der Waals surface area contributed by atoms with Gasteiger partial charge >= 0.3 is 0 Å². The van der Waals surface area contributed by atoms with Crippen LogP contribution in [0.1, 0.15) is 0 Å². The molecule has 3 aromatic heterocycles. The fraction of sp³-hybridized carbons (Fsp3) is 0. The number of nitrogens with zero attached hydrogens (tertiary/aromatic N) is 3. The van der Waals surface area contributed by atoms with Crippen molar-refractivity contribution in [2.75, 3.05) is 0 Å². The minimum Gasteiger partial charge on any atom is -0.208 e. The van der Waals surface area contributed by atoms with Gasteiger partial charge in [-0.1, -0.05) is 164 Å². The topological polar surface area (TPSA) is 38.7 Å². The van der Waals surface area contributed by atoms with Crippen LogP contribution in [0.4, 0.5) is 0 Å². The number of fused-ring (bicyclic) bond motifs is 6. The molecule has 5 heteroatoms. The highest BCUT2D eigenvalue weighted by Crippen LogP contribution is 2.48. The normalized spacial score (nSPS) is 11.6. The number of benzene rings is 8. The Hall–Kier alpha value is -6.79. The van der Waals surface area contributed by atoms with Crippen molar-refractivity contribution in [3.63, 3.8) is 0 Å². The van der Waals surface area contributed by atoms with E-state index in [1.54, 1.807) is 0 Å². The Bertz CT molecular complexity index is 3180. The molecule has 0 radical (unpaired) electrons. The Morgan fingerprint density at radius 1 is 0.286 bits per heavy atom. The average Bonchev–Trinajstić information content (AvgIpc) is 3.86. The Morgan fingerprint density at radius 3 is 1.55 bits per heavy atom. The molecule has 8 aromatic carbocycles. The van der Waals surface area contributed by atoms with Gasteiger partial charge < -0.3 is 0 Å². The number of rotatable bonds is 6. The summed E-state index contributed by atoms with van der Waals surface area (Å²) in [7, 11) is 0. The lowest BCUT2D eigenvalue weighted by atomic mass is 9.92. The lowest BCUT2D eigenvalue weighted by molar-refractivity contribution is 1.07. The zero-order chi connectivity index (χ0) is 37.0. The maximum Gasteiger partial charge on any atom is 0.164 e. The van der Waals surface area contributed by atoms with E-state index in [1.807, 2.05) is 83.3 Å². The van der Waals surface area contributed by atoms with Gasteiger partial charge in [0.15, 0.2) is 17.5 Å². The van der Waals surface area contributed by atoms with E-state index >= 15 is 0 Å². The van der Waals surface area contributed by atoms with E-state index in [2.05, 4.69) is 127 Å². The molecule has 0 amide bonds. The Kier molecular flexibility index (Phi) is 7.87. The van der Waals surface area contributed by atoms with Gasteiger partial charge in [-0.15, -0.1) is 22.7 Å². The molecule has 0 saturated heterocycles. The van der Waals surface area contributed by atoms with Crippen molar-refractivity contribution >= 4 is 63.0 Å². The summed E-state index contributed by atoms with van der Waals surface area (Å²) in [5, 5.41) is 5.11. The Morgan fingerprint density at radius 2 is 0.821 bits per heavy atom. The highest BCUT2D eigenvalue weighted by atomic mass is 32.1. The molecule has 11 aromatic rings. The second-order valence-electron chi connectivity index (χ2n) is 13.9. The number of hydrogen-bond acceptors (Lipinski definition) is 5. The van der Waals surface area contributed by atoms with E-state index in [9.17, 15) is 0 Å². The van der Waals surface area contributed by atoms with Crippen LogP contribution >= 0.6 is 22.7 Å². The van der Waals surface area contributed by atoms with E-state index in [1.165, 1.54) is 73.7 Å². The second kappa shape index (κ2) is 13.5. The van der Waals surface area contributed by atoms with Crippen LogP contribution in [0.5, 0.6) is 0 Å². The lowest BCUT2D eigenvalue weighted by Gasteiger charge is -2.12. The fourth-order valence-electron chi connectivity index (χ4n) is 7.90. The second-order valence-corrected chi connectivity index (χ2v) is 16.1. The molecule has 0 spiro atoms. The molecule has 56 heavy (non-hydrogen) atoms. The molecular formula is C51H31N3S2. The maximum atomic E-state index is 5.02. The van der Waals surface area contributed by atoms with Gasteiger partial charge in [0.05, 0.1) is 0 Å². The first-order valence-electron chi connectivity index (χ1n) is 18.7. The van der Waals surface area contributed by atoms with Gasteiger partial charge in [0.25, 0.3) is 0 Å². The monoisotopic (exact) mass is 749 g/mol. The van der Waals surface area contributed by atoms with Crippen molar-refractivity contribution in [3.05, 3.63) is 188 Å². The summed E-state index contributed by atoms with van der Waals surface area (Å²) in [6, 6.07) is 66.8. The number of aromatic nitrogens is 3. The van der Waals surface area contributed by atoms with Gasteiger partial charge in [0.2, 0.25) is 0 Å². The van der Waals surface area contributed by atoms with Crippen molar-refractivity contribution in [2.24, 2.45) is 0 Å². The van der Waals surface area contributed by atoms with Crippen molar-refractivity contribution in [1.29, 1.82) is 0 Å². The summed E-state index contributed by atoms with van der Waals surface area (Å²) in [6.07, 6.45) is 0. The maximum absolute atomic E-state index is 5.02. The Balaban J connectivity index is 1.08. The molecule has 0 aliphatic heterocycles. The van der Waals surface area contributed by atoms with E-state index < -0.39 is 0 Å². The van der Waals surface area contributed by atoms with Crippen LogP contribution in [-0.2, 0) is 0 Å². The Labute approximate surface area is 331 Å². The molecule has 11 rings (SSSR count). The molecule has 0 N–H and O–H groups in total. The third-order valence-corrected chi connectivity index (χ3v) is 12.9. The van der Waals surface area contributed by atoms with Crippen LogP contribution in [0.25, 0.3) is 108 Å². The van der Waals surface area contributed by atoms with Crippen LogP contribution < -0.4 is 0 Å². The van der Waals surface area contributed by atoms with Crippen LogP contribution in [0.3, 0.4) is 0 Å². The number of thiophene rings is 2. The SMILES string of the molecule is c1ccc(-c2cccc(-c3ccc(-c4cccc5sc6cc(-c7nc(-c8ccccc8)nc(-c8ccccc8)n7)ccc6c45)c4c3sc3ccccc34)c2)cc1. The summed E-state index contributed by atoms with van der Waals surface area (Å²) in [5.41, 5.74) is 10.3. The molecule has 0 saturated carbocycles. The van der Waals surface area contributed by atoms with Gasteiger partial charge in [0, 0.05) is 57.0 Å². The highest BCUT2D eigenvalue weighted by Gasteiger charge is 2.20. The summed E-state index contributed by atoms with van der Waals surface area (Å²) in [6.45, 7) is 0. The van der Waals surface area contributed by atoms with E-state index in [4.69, 9.17) is 15.0 Å². The molecule has 0 atom stereocenters. The third kappa shape index (κ3) is 5.60. The molecule has 3 heterocycles. The van der Waals surface area contributed by atoms with Gasteiger partial charge in [-0.2, -0.15) is 0 Å². The van der Waals surface area contributed by atoms with E-state index in [0.717, 1.165) is 16.7 Å². The molecule has 0 unspecified atom stereocenters. The summed E-state index contributed by atoms with van der Waals surface area (Å²) >= 11 is 3.71. The predicted molar refractivity (Wildman–Crippen MR) is 238 cm³/mol. The fourth-order valence-corrected chi connectivity index (χ4v) is 10.3. The van der Waals surface area contributed by atoms with Crippen LogP contribution in [0.2, 0.25) is 0 Å². The molecule has 0 aliphatic carbocycles. The van der Waals surface area contributed by atoms with Crippen molar-refractivity contribution < 1.29 is 0 Å². The zero-order valence-corrected chi connectivity index (χ0v) is 31.7. The summed E-state index contributed by atoms with van der Waals surface area (Å²) < 4.78 is 5.07. The number of hydrogen-bond donors (Lipinski definition) is 0. The van der Waals surface area contributed by atoms with E-state index in [-0.39, 0.29) is 0 Å². The molecular weight excluding hydrogens is 719 g/mol. The van der Waals surface area contributed by atoms with Crippen molar-refractivity contribution in [1.82, 2.24) is 15.0 Å². The van der Waals surface area contributed by atoms with Gasteiger partial charge in [-0.05, 0) is 57.6 Å². The van der Waals surface area contributed by atoms with Crippen LogP contribution in [-0.4, -0.2) is 15.0 Å². The van der Waals surface area contributed by atoms with Crippen LogP contribution in [0.15, 0.2) is 188 Å². The van der Waals surface area contributed by atoms with Gasteiger partial charge in [-0.3, -0.25) is 0 Å². The van der Waals surface area contributed by atoms with E-state index in [0.29, 0.717) is 17.5 Å². The predicted octanol–water partition coefficient (Wildman–Crippen LogP) is 14.6. The standard InChI is InChI=1S/C51H31N3S2/c1-4-14-32(15-5-1)35-20-12-21-36(30-35)38-28-29-40(47-41-22-10-11-24-43(41)56-48(38)47)39-23-13-25-44-46(39)42-27-26-37(31-45(42)55-44)51-53-49(33-16-6-2-7-17-33)52-50(54-51)34-18-8-3-9-19-34/h1-31H. The highest BCUT2D eigenvalue weighted by molar-refractivity contribution is 7.26. The molecule has 262 valence electrons. The molecule has 0 fully saturated rings. The van der Waals surface area contributed by atoms with Crippen molar-refractivity contribution in [2.45, 2.75) is 0 Å². The molecule has 3 nitrogen and oxygen atoms in total. The lowest BCUT2D eigenvalue weighted by Crippen LogP contribution is -1.99. The smallest absolute Gasteiger partial charge is 0.164 e. The van der Waals surface area contributed by atoms with Gasteiger partial charge in [0.1, 0.15) is 0 Å². The summed E-state index contributed by atoms with van der Waals surface area (Å²) in [4.78, 5) is 15.0. The first-order chi connectivity index (χ1) is 27.7. The largest absolute Gasteiger partial charge is 0.208 e. The van der Waals surface area contributed by atoms with Gasteiger partial charge in [-0.25, -0.2) is 15.0 Å². The molecule has 0 bridgehead atoms. The third-order valence-electron chi connectivity index (χ3n) is 10.6. The first-order valence-corrected chi connectivity index (χ1v) is 20.3. The minimum atomic E-state index is 0.662. The minimum absolute atomic E-state index is 0.662. The quantitative estimate of drug-likeness (QED) is 0.170. The average molecular weight is 750 g/mol. The first kappa shape index (κ1) is 32.6. The van der Waals surface area contributed by atoms with Crippen LogP contribution in [0, 0.1) is 0 Å². The molecule has 0 aliphatic rings. The zero-order valence-electron chi connectivity index (χ0n) is 30.1.